The molecule has 0 aliphatic carbocycles. The van der Waals surface area contributed by atoms with E-state index in [4.69, 9.17) is 4.98 Å². The van der Waals surface area contributed by atoms with E-state index in [9.17, 15) is 4.79 Å². The zero-order valence-corrected chi connectivity index (χ0v) is 17.3. The molecule has 29 heavy (non-hydrogen) atoms. The molecule has 1 unspecified atom stereocenters. The predicted octanol–water partition coefficient (Wildman–Crippen LogP) is 3.51. The van der Waals surface area contributed by atoms with Crippen LogP contribution in [0.1, 0.15) is 28.9 Å². The molecule has 6 nitrogen and oxygen atoms in total. The maximum Gasteiger partial charge on any atom is 0.172 e. The van der Waals surface area contributed by atoms with Gasteiger partial charge in [0.15, 0.2) is 12.1 Å². The monoisotopic (exact) mass is 390 g/mol. The molecule has 2 aromatic rings. The summed E-state index contributed by atoms with van der Waals surface area (Å²) in [5.74, 6) is 3.16. The van der Waals surface area contributed by atoms with Gasteiger partial charge in [-0.15, -0.1) is 12.6 Å². The lowest BCUT2D eigenvalue weighted by molar-refractivity contribution is 0.111. The second-order valence-electron chi connectivity index (χ2n) is 7.55. The van der Waals surface area contributed by atoms with Crippen molar-refractivity contribution >= 4 is 30.9 Å². The standard InChI is InChI=1S/C22H29BN5O/c1-4-23-11-13-27(3)19-6-5-12-28(15-19)21-14-24-20(16-29)22(26-21)25-18-9-7-17(2)8-10-18/h4,7-10,14,16,19H,1,5-6,11-13,15H2,2-3H3,(H,25,26). The number of rotatable bonds is 9. The fourth-order valence-corrected chi connectivity index (χ4v) is 3.59. The van der Waals surface area contributed by atoms with Crippen LogP contribution < -0.4 is 10.2 Å². The third-order valence-electron chi connectivity index (χ3n) is 5.37. The molecule has 1 aliphatic heterocycles. The van der Waals surface area contributed by atoms with Gasteiger partial charge in [-0.05, 0) is 45.5 Å². The molecule has 7 heteroatoms. The van der Waals surface area contributed by atoms with Gasteiger partial charge in [0.25, 0.3) is 0 Å². The quantitative estimate of drug-likeness (QED) is 0.402. The minimum Gasteiger partial charge on any atom is -0.354 e. The van der Waals surface area contributed by atoms with Crippen LogP contribution in [-0.4, -0.2) is 61.2 Å². The summed E-state index contributed by atoms with van der Waals surface area (Å²) in [6.07, 6.45) is 5.75. The maximum atomic E-state index is 11.5. The molecule has 1 N–H and O–H groups in total. The number of anilines is 3. The highest BCUT2D eigenvalue weighted by atomic mass is 16.1. The van der Waals surface area contributed by atoms with Gasteiger partial charge in [-0.25, -0.2) is 9.97 Å². The third-order valence-corrected chi connectivity index (χ3v) is 5.37. The number of aryl methyl sites for hydroxylation is 1. The fourth-order valence-electron chi connectivity index (χ4n) is 3.59. The van der Waals surface area contributed by atoms with Crippen LogP contribution in [-0.2, 0) is 0 Å². The Bertz CT molecular complexity index is 826. The second-order valence-corrected chi connectivity index (χ2v) is 7.55. The molecule has 0 spiro atoms. The van der Waals surface area contributed by atoms with Crippen molar-refractivity contribution in [3.05, 3.63) is 54.3 Å². The van der Waals surface area contributed by atoms with Gasteiger partial charge < -0.3 is 15.1 Å². The minimum absolute atomic E-state index is 0.319. The number of benzene rings is 1. The molecule has 0 amide bonds. The van der Waals surface area contributed by atoms with Gasteiger partial charge in [-0.1, -0.05) is 24.0 Å². The highest BCUT2D eigenvalue weighted by Crippen LogP contribution is 2.24. The smallest absolute Gasteiger partial charge is 0.172 e. The Morgan fingerprint density at radius 3 is 2.90 bits per heavy atom. The summed E-state index contributed by atoms with van der Waals surface area (Å²) >= 11 is 0. The Hall–Kier alpha value is -2.67. The molecule has 1 atom stereocenters. The van der Waals surface area contributed by atoms with E-state index in [1.807, 2.05) is 37.2 Å². The van der Waals surface area contributed by atoms with Crippen molar-refractivity contribution in [3.63, 3.8) is 0 Å². The molecule has 1 fully saturated rings. The molecule has 151 valence electrons. The highest BCUT2D eigenvalue weighted by Gasteiger charge is 2.24. The van der Waals surface area contributed by atoms with Crippen LogP contribution >= 0.6 is 0 Å². The highest BCUT2D eigenvalue weighted by molar-refractivity contribution is 6.41. The molecule has 1 aliphatic rings. The Kier molecular flexibility index (Phi) is 7.41. The molecule has 1 saturated heterocycles. The van der Waals surface area contributed by atoms with Gasteiger partial charge in [0.05, 0.1) is 6.20 Å². The average Bonchev–Trinajstić information content (AvgIpc) is 2.75. The first-order valence-corrected chi connectivity index (χ1v) is 10.2. The van der Waals surface area contributed by atoms with Crippen molar-refractivity contribution in [2.75, 3.05) is 36.9 Å². The van der Waals surface area contributed by atoms with Gasteiger partial charge in [0, 0.05) is 24.8 Å². The van der Waals surface area contributed by atoms with Crippen LogP contribution in [0.25, 0.3) is 0 Å². The number of aromatic nitrogens is 2. The van der Waals surface area contributed by atoms with E-state index in [0.29, 0.717) is 17.6 Å². The molecule has 0 bridgehead atoms. The van der Waals surface area contributed by atoms with Crippen LogP contribution in [0.4, 0.5) is 17.3 Å². The fraction of sp³-hybridized carbons (Fsp3) is 0.409. The van der Waals surface area contributed by atoms with Crippen molar-refractivity contribution in [3.8, 4) is 0 Å². The number of nitrogens with zero attached hydrogens (tertiary/aromatic N) is 4. The maximum absolute atomic E-state index is 11.5. The van der Waals surface area contributed by atoms with Crippen molar-refractivity contribution in [2.24, 2.45) is 0 Å². The summed E-state index contributed by atoms with van der Waals surface area (Å²) in [6.45, 7) is 8.66. The number of carbonyl (C=O) groups is 1. The van der Waals surface area contributed by atoms with Crippen LogP contribution in [0.3, 0.4) is 0 Å². The molecule has 1 radical (unpaired) electrons. The summed E-state index contributed by atoms with van der Waals surface area (Å²) in [7, 11) is 4.28. The minimum atomic E-state index is 0.319. The number of nitrogens with one attached hydrogen (secondary N) is 1. The largest absolute Gasteiger partial charge is 0.354 e. The average molecular weight is 390 g/mol. The van der Waals surface area contributed by atoms with Gasteiger partial charge in [-0.2, -0.15) is 0 Å². The summed E-state index contributed by atoms with van der Waals surface area (Å²) in [6, 6.07) is 8.47. The van der Waals surface area contributed by atoms with E-state index in [2.05, 4.69) is 41.0 Å². The summed E-state index contributed by atoms with van der Waals surface area (Å²) in [4.78, 5) is 25.2. The van der Waals surface area contributed by atoms with Gasteiger partial charge in [0.2, 0.25) is 0 Å². The van der Waals surface area contributed by atoms with Crippen molar-refractivity contribution < 1.29 is 4.79 Å². The zero-order chi connectivity index (χ0) is 20.6. The number of piperidine rings is 1. The van der Waals surface area contributed by atoms with Crippen molar-refractivity contribution in [1.29, 1.82) is 0 Å². The van der Waals surface area contributed by atoms with Crippen LogP contribution in [0.5, 0.6) is 0 Å². The van der Waals surface area contributed by atoms with Gasteiger partial charge in [0.1, 0.15) is 18.8 Å². The number of aldehydes is 1. The molecule has 1 aromatic carbocycles. The van der Waals surface area contributed by atoms with E-state index < -0.39 is 0 Å². The molecule has 3 rings (SSSR count). The molecular formula is C22H29BN5O. The second kappa shape index (κ2) is 10.2. The molecular weight excluding hydrogens is 361 g/mol. The van der Waals surface area contributed by atoms with Crippen LogP contribution in [0, 0.1) is 6.92 Å². The van der Waals surface area contributed by atoms with E-state index in [1.165, 1.54) is 12.0 Å². The predicted molar refractivity (Wildman–Crippen MR) is 121 cm³/mol. The number of carbonyl (C=O) groups excluding carboxylic acids is 1. The number of hydrogen-bond acceptors (Lipinski definition) is 6. The van der Waals surface area contributed by atoms with E-state index >= 15 is 0 Å². The Labute approximate surface area is 174 Å². The Balaban J connectivity index is 1.73. The summed E-state index contributed by atoms with van der Waals surface area (Å²) in [5.41, 5.74) is 2.39. The van der Waals surface area contributed by atoms with Crippen LogP contribution in [0.2, 0.25) is 6.32 Å². The normalized spacial score (nSPS) is 16.5. The van der Waals surface area contributed by atoms with E-state index in [-0.39, 0.29) is 0 Å². The Morgan fingerprint density at radius 1 is 1.38 bits per heavy atom. The van der Waals surface area contributed by atoms with E-state index in [0.717, 1.165) is 50.2 Å². The lowest BCUT2D eigenvalue weighted by atomic mass is 9.75. The summed E-state index contributed by atoms with van der Waals surface area (Å²) < 4.78 is 0. The first kappa shape index (κ1) is 21.1. The zero-order valence-electron chi connectivity index (χ0n) is 17.3. The third kappa shape index (κ3) is 5.67. The summed E-state index contributed by atoms with van der Waals surface area (Å²) in [5, 5.41) is 3.24. The number of hydrogen-bond donors (Lipinski definition) is 1. The molecule has 0 saturated carbocycles. The van der Waals surface area contributed by atoms with E-state index in [1.54, 1.807) is 6.20 Å². The van der Waals surface area contributed by atoms with Crippen LogP contribution in [0.15, 0.2) is 43.0 Å². The lowest BCUT2D eigenvalue weighted by Crippen LogP contribution is -2.47. The number of likely N-dealkylation sites (N-methyl/N-ethyl adjacent to an activating group) is 1. The topological polar surface area (TPSA) is 61.4 Å². The van der Waals surface area contributed by atoms with Crippen molar-refractivity contribution in [2.45, 2.75) is 32.1 Å². The lowest BCUT2D eigenvalue weighted by Gasteiger charge is -2.38. The first-order valence-electron chi connectivity index (χ1n) is 10.2. The van der Waals surface area contributed by atoms with Gasteiger partial charge >= 0.3 is 0 Å². The first-order chi connectivity index (χ1) is 14.1. The molecule has 1 aromatic heterocycles. The molecule has 2 heterocycles. The van der Waals surface area contributed by atoms with Crippen molar-refractivity contribution in [1.82, 2.24) is 14.9 Å². The SMILES string of the molecule is C=C[B]CCN(C)C1CCCN(c2cnc(C=O)c(Nc3ccc(C)cc3)n2)C1. The Morgan fingerprint density at radius 2 is 2.17 bits per heavy atom. The van der Waals surface area contributed by atoms with Gasteiger partial charge in [-0.3, -0.25) is 4.79 Å².